The lowest BCUT2D eigenvalue weighted by molar-refractivity contribution is 0.0914. The van der Waals surface area contributed by atoms with Crippen LogP contribution in [0.4, 0.5) is 5.95 Å². The summed E-state index contributed by atoms with van der Waals surface area (Å²) in [6.07, 6.45) is 1.59. The highest BCUT2D eigenvalue weighted by Gasteiger charge is 2.16. The summed E-state index contributed by atoms with van der Waals surface area (Å²) in [6, 6.07) is 9.84. The van der Waals surface area contributed by atoms with Gasteiger partial charge in [-0.3, -0.25) is 4.79 Å². The molecule has 5 heteroatoms. The van der Waals surface area contributed by atoms with E-state index in [1.165, 1.54) is 5.56 Å². The monoisotopic (exact) mass is 298 g/mol. The molecular formula is C17H22N4O. The summed E-state index contributed by atoms with van der Waals surface area (Å²) >= 11 is 0. The van der Waals surface area contributed by atoms with Crippen molar-refractivity contribution in [2.45, 2.75) is 39.8 Å². The number of nitrogens with zero attached hydrogens (tertiary/aromatic N) is 2. The standard InChI is InChI=1S/C17H22N4O/c1-12-5-7-13(8-6-12)11-19-16-18-10-9-14(20-16)15(22)21-17(2,3)4/h5-10H,11H2,1-4H3,(H,21,22)(H,18,19,20). The van der Waals surface area contributed by atoms with Crippen LogP contribution in [0, 0.1) is 6.92 Å². The van der Waals surface area contributed by atoms with E-state index in [0.717, 1.165) is 5.56 Å². The third-order valence-corrected chi connectivity index (χ3v) is 2.95. The number of nitrogens with one attached hydrogen (secondary N) is 2. The minimum absolute atomic E-state index is 0.201. The predicted molar refractivity (Wildman–Crippen MR) is 87.8 cm³/mol. The van der Waals surface area contributed by atoms with Crippen LogP contribution in [-0.2, 0) is 6.54 Å². The molecule has 2 rings (SSSR count). The first-order valence-corrected chi connectivity index (χ1v) is 7.28. The topological polar surface area (TPSA) is 66.9 Å². The van der Waals surface area contributed by atoms with Crippen LogP contribution in [0.15, 0.2) is 36.5 Å². The van der Waals surface area contributed by atoms with Crippen LogP contribution in [-0.4, -0.2) is 21.4 Å². The Morgan fingerprint density at radius 1 is 1.14 bits per heavy atom. The molecule has 1 aromatic carbocycles. The molecule has 0 aliphatic heterocycles. The SMILES string of the molecule is Cc1ccc(CNc2nccc(C(=O)NC(C)(C)C)n2)cc1. The largest absolute Gasteiger partial charge is 0.350 e. The molecular weight excluding hydrogens is 276 g/mol. The van der Waals surface area contributed by atoms with Gasteiger partial charge in [-0.15, -0.1) is 0 Å². The van der Waals surface area contributed by atoms with E-state index in [2.05, 4.69) is 51.8 Å². The second-order valence-corrected chi connectivity index (χ2v) is 6.31. The van der Waals surface area contributed by atoms with Gasteiger partial charge in [0.1, 0.15) is 5.69 Å². The first-order valence-electron chi connectivity index (χ1n) is 7.28. The van der Waals surface area contributed by atoms with Crippen LogP contribution in [0.1, 0.15) is 42.4 Å². The van der Waals surface area contributed by atoms with Gasteiger partial charge in [0.05, 0.1) is 0 Å². The Morgan fingerprint density at radius 3 is 2.45 bits per heavy atom. The van der Waals surface area contributed by atoms with Crippen molar-refractivity contribution in [3.8, 4) is 0 Å². The molecule has 0 atom stereocenters. The summed E-state index contributed by atoms with van der Waals surface area (Å²) in [6.45, 7) is 8.47. The van der Waals surface area contributed by atoms with E-state index in [-0.39, 0.29) is 11.4 Å². The van der Waals surface area contributed by atoms with Gasteiger partial charge in [-0.05, 0) is 39.3 Å². The van der Waals surface area contributed by atoms with Gasteiger partial charge in [0.2, 0.25) is 5.95 Å². The summed E-state index contributed by atoms with van der Waals surface area (Å²) in [4.78, 5) is 20.5. The third kappa shape index (κ3) is 4.84. The molecule has 0 spiro atoms. The molecule has 22 heavy (non-hydrogen) atoms. The molecule has 1 aromatic heterocycles. The van der Waals surface area contributed by atoms with E-state index in [1.807, 2.05) is 20.8 Å². The first kappa shape index (κ1) is 15.9. The molecule has 1 amide bonds. The van der Waals surface area contributed by atoms with Gasteiger partial charge in [0.25, 0.3) is 5.91 Å². The quantitative estimate of drug-likeness (QED) is 0.910. The van der Waals surface area contributed by atoms with Crippen molar-refractivity contribution in [2.75, 3.05) is 5.32 Å². The fourth-order valence-corrected chi connectivity index (χ4v) is 1.86. The average Bonchev–Trinajstić information content (AvgIpc) is 2.45. The van der Waals surface area contributed by atoms with Crippen LogP contribution in [0.2, 0.25) is 0 Å². The number of benzene rings is 1. The summed E-state index contributed by atoms with van der Waals surface area (Å²) in [7, 11) is 0. The Kier molecular flexibility index (Phi) is 4.75. The van der Waals surface area contributed by atoms with Crippen molar-refractivity contribution in [1.29, 1.82) is 0 Å². The van der Waals surface area contributed by atoms with Crippen molar-refractivity contribution < 1.29 is 4.79 Å². The second kappa shape index (κ2) is 6.56. The highest BCUT2D eigenvalue weighted by molar-refractivity contribution is 5.92. The van der Waals surface area contributed by atoms with Crippen LogP contribution in [0.3, 0.4) is 0 Å². The molecule has 2 aromatic rings. The Labute approximate surface area is 131 Å². The van der Waals surface area contributed by atoms with Crippen molar-refractivity contribution in [3.63, 3.8) is 0 Å². The minimum atomic E-state index is -0.294. The van der Waals surface area contributed by atoms with E-state index in [9.17, 15) is 4.79 Å². The van der Waals surface area contributed by atoms with Crippen molar-refractivity contribution >= 4 is 11.9 Å². The molecule has 0 bridgehead atoms. The molecule has 0 saturated carbocycles. The number of hydrogen-bond acceptors (Lipinski definition) is 4. The Morgan fingerprint density at radius 2 is 1.82 bits per heavy atom. The summed E-state index contributed by atoms with van der Waals surface area (Å²) < 4.78 is 0. The number of aromatic nitrogens is 2. The molecule has 0 aliphatic rings. The van der Waals surface area contributed by atoms with Gasteiger partial charge in [0.15, 0.2) is 0 Å². The summed E-state index contributed by atoms with van der Waals surface area (Å²) in [5, 5.41) is 6.02. The number of amides is 1. The normalized spacial score (nSPS) is 11.1. The molecule has 2 N–H and O–H groups in total. The fraction of sp³-hybridized carbons (Fsp3) is 0.353. The lowest BCUT2D eigenvalue weighted by Gasteiger charge is -2.20. The highest BCUT2D eigenvalue weighted by Crippen LogP contribution is 2.08. The molecule has 0 saturated heterocycles. The minimum Gasteiger partial charge on any atom is -0.350 e. The van der Waals surface area contributed by atoms with E-state index in [1.54, 1.807) is 12.3 Å². The highest BCUT2D eigenvalue weighted by atomic mass is 16.2. The van der Waals surface area contributed by atoms with Gasteiger partial charge >= 0.3 is 0 Å². The first-order chi connectivity index (χ1) is 10.3. The van der Waals surface area contributed by atoms with Crippen LogP contribution < -0.4 is 10.6 Å². The number of hydrogen-bond donors (Lipinski definition) is 2. The van der Waals surface area contributed by atoms with E-state index in [0.29, 0.717) is 18.2 Å². The van der Waals surface area contributed by atoms with Crippen LogP contribution >= 0.6 is 0 Å². The molecule has 0 radical (unpaired) electrons. The molecule has 0 unspecified atom stereocenters. The molecule has 0 fully saturated rings. The van der Waals surface area contributed by atoms with Crippen molar-refractivity contribution in [3.05, 3.63) is 53.3 Å². The predicted octanol–water partition coefficient (Wildman–Crippen LogP) is 2.93. The lowest BCUT2D eigenvalue weighted by atomic mass is 10.1. The molecule has 116 valence electrons. The average molecular weight is 298 g/mol. The number of rotatable bonds is 4. The van der Waals surface area contributed by atoms with E-state index < -0.39 is 0 Å². The van der Waals surface area contributed by atoms with Gasteiger partial charge < -0.3 is 10.6 Å². The second-order valence-electron chi connectivity index (χ2n) is 6.31. The van der Waals surface area contributed by atoms with Crippen molar-refractivity contribution in [1.82, 2.24) is 15.3 Å². The number of carbonyl (C=O) groups excluding carboxylic acids is 1. The van der Waals surface area contributed by atoms with E-state index >= 15 is 0 Å². The van der Waals surface area contributed by atoms with Gasteiger partial charge in [-0.2, -0.15) is 0 Å². The fourth-order valence-electron chi connectivity index (χ4n) is 1.86. The molecule has 0 aliphatic carbocycles. The maximum absolute atomic E-state index is 12.1. The number of aryl methyl sites for hydroxylation is 1. The maximum Gasteiger partial charge on any atom is 0.270 e. The van der Waals surface area contributed by atoms with Gasteiger partial charge in [0, 0.05) is 18.3 Å². The zero-order valence-electron chi connectivity index (χ0n) is 13.5. The van der Waals surface area contributed by atoms with Gasteiger partial charge in [-0.25, -0.2) is 9.97 Å². The third-order valence-electron chi connectivity index (χ3n) is 2.95. The van der Waals surface area contributed by atoms with E-state index in [4.69, 9.17) is 0 Å². The molecule has 1 heterocycles. The molecule has 5 nitrogen and oxygen atoms in total. The van der Waals surface area contributed by atoms with Crippen LogP contribution in [0.25, 0.3) is 0 Å². The number of carbonyl (C=O) groups is 1. The number of anilines is 1. The smallest absolute Gasteiger partial charge is 0.270 e. The zero-order valence-corrected chi connectivity index (χ0v) is 13.5. The van der Waals surface area contributed by atoms with Crippen LogP contribution in [0.5, 0.6) is 0 Å². The maximum atomic E-state index is 12.1. The Hall–Kier alpha value is -2.43. The summed E-state index contributed by atoms with van der Waals surface area (Å²) in [5.41, 5.74) is 2.42. The Balaban J connectivity index is 2.02. The van der Waals surface area contributed by atoms with Gasteiger partial charge in [-0.1, -0.05) is 29.8 Å². The zero-order chi connectivity index (χ0) is 16.2. The summed E-state index contributed by atoms with van der Waals surface area (Å²) in [5.74, 6) is 0.246. The lowest BCUT2D eigenvalue weighted by Crippen LogP contribution is -2.41. The Bertz CT molecular complexity index is 644. The van der Waals surface area contributed by atoms with Crippen molar-refractivity contribution in [2.24, 2.45) is 0 Å².